The molecular weight excluding hydrogens is 300 g/mol. The molecule has 2 N–H and O–H groups in total. The zero-order valence-electron chi connectivity index (χ0n) is 14.7. The summed E-state index contributed by atoms with van der Waals surface area (Å²) in [4.78, 5) is 11.6. The van der Waals surface area contributed by atoms with Crippen LogP contribution in [-0.4, -0.2) is 33.8 Å². The van der Waals surface area contributed by atoms with Crippen LogP contribution in [-0.2, 0) is 19.4 Å². The van der Waals surface area contributed by atoms with E-state index in [1.54, 1.807) is 0 Å². The van der Waals surface area contributed by atoms with E-state index < -0.39 is 0 Å². The van der Waals surface area contributed by atoms with Gasteiger partial charge in [0.05, 0.1) is 6.61 Å². The van der Waals surface area contributed by atoms with Gasteiger partial charge in [-0.15, -0.1) is 0 Å². The second-order valence-electron chi connectivity index (χ2n) is 6.57. The van der Waals surface area contributed by atoms with E-state index in [2.05, 4.69) is 59.4 Å². The lowest BCUT2D eigenvalue weighted by Gasteiger charge is -2.36. The molecular formula is C19H26N4O. The molecule has 1 aromatic heterocycles. The summed E-state index contributed by atoms with van der Waals surface area (Å²) in [6.07, 6.45) is 1.88. The van der Waals surface area contributed by atoms with E-state index in [9.17, 15) is 5.11 Å². The van der Waals surface area contributed by atoms with Crippen LogP contribution in [0, 0.1) is 0 Å². The minimum Gasteiger partial charge on any atom is -0.394 e. The average molecular weight is 326 g/mol. The molecule has 5 nitrogen and oxygen atoms in total. The molecule has 0 fully saturated rings. The summed E-state index contributed by atoms with van der Waals surface area (Å²) in [5, 5.41) is 12.4. The van der Waals surface area contributed by atoms with Crippen LogP contribution in [0.1, 0.15) is 37.6 Å². The van der Waals surface area contributed by atoms with Gasteiger partial charge in [0, 0.05) is 30.4 Å². The third kappa shape index (κ3) is 3.51. The molecule has 24 heavy (non-hydrogen) atoms. The lowest BCUT2D eigenvalue weighted by atomic mass is 9.95. The summed E-state index contributed by atoms with van der Waals surface area (Å²) >= 11 is 0. The first-order chi connectivity index (χ1) is 11.6. The van der Waals surface area contributed by atoms with Gasteiger partial charge in [-0.3, -0.25) is 0 Å². The maximum atomic E-state index is 9.26. The van der Waals surface area contributed by atoms with Gasteiger partial charge >= 0.3 is 0 Å². The van der Waals surface area contributed by atoms with Crippen molar-refractivity contribution < 1.29 is 5.11 Å². The number of benzene rings is 1. The van der Waals surface area contributed by atoms with Crippen molar-refractivity contribution in [3.05, 3.63) is 47.2 Å². The quantitative estimate of drug-likeness (QED) is 0.885. The van der Waals surface area contributed by atoms with E-state index in [-0.39, 0.29) is 12.6 Å². The number of nitrogens with zero attached hydrogens (tertiary/aromatic N) is 3. The molecule has 1 aliphatic heterocycles. The number of hydrogen-bond donors (Lipinski definition) is 2. The third-order valence-corrected chi connectivity index (χ3v) is 4.58. The highest BCUT2D eigenvalue weighted by Gasteiger charge is 2.24. The molecule has 128 valence electrons. The Morgan fingerprint density at radius 1 is 1.29 bits per heavy atom. The summed E-state index contributed by atoms with van der Waals surface area (Å²) in [6.45, 7) is 7.18. The zero-order valence-corrected chi connectivity index (χ0v) is 14.7. The van der Waals surface area contributed by atoms with Crippen molar-refractivity contribution in [3.63, 3.8) is 0 Å². The number of rotatable bonds is 5. The predicted molar refractivity (Wildman–Crippen MR) is 97.4 cm³/mol. The summed E-state index contributed by atoms with van der Waals surface area (Å²) in [7, 11) is 0. The minimum absolute atomic E-state index is 0.0581. The number of aryl methyl sites for hydroxylation is 1. The first kappa shape index (κ1) is 16.7. The lowest BCUT2D eigenvalue weighted by Crippen LogP contribution is -2.39. The van der Waals surface area contributed by atoms with Crippen LogP contribution in [0.25, 0.3) is 0 Å². The SMILES string of the molecule is CCc1cc(N2Cc3ccccc3C[C@H]2C)nc(N[C@@H](C)CO)n1. The van der Waals surface area contributed by atoms with Crippen molar-refractivity contribution in [2.75, 3.05) is 16.8 Å². The maximum Gasteiger partial charge on any atom is 0.225 e. The summed E-state index contributed by atoms with van der Waals surface area (Å²) in [5.74, 6) is 1.55. The fourth-order valence-corrected chi connectivity index (χ4v) is 3.13. The fourth-order valence-electron chi connectivity index (χ4n) is 3.13. The monoisotopic (exact) mass is 326 g/mol. The highest BCUT2D eigenvalue weighted by Crippen LogP contribution is 2.28. The van der Waals surface area contributed by atoms with Gasteiger partial charge in [0.15, 0.2) is 0 Å². The van der Waals surface area contributed by atoms with Gasteiger partial charge < -0.3 is 15.3 Å². The molecule has 0 bridgehead atoms. The van der Waals surface area contributed by atoms with Crippen LogP contribution in [0.5, 0.6) is 0 Å². The Balaban J connectivity index is 1.92. The number of fused-ring (bicyclic) bond motifs is 1. The molecule has 2 atom stereocenters. The summed E-state index contributed by atoms with van der Waals surface area (Å²) in [6, 6.07) is 11.0. The van der Waals surface area contributed by atoms with Crippen LogP contribution in [0.4, 0.5) is 11.8 Å². The largest absolute Gasteiger partial charge is 0.394 e. The second kappa shape index (κ2) is 7.18. The van der Waals surface area contributed by atoms with E-state index in [0.717, 1.165) is 30.9 Å². The van der Waals surface area contributed by atoms with Crippen molar-refractivity contribution in [3.8, 4) is 0 Å². The van der Waals surface area contributed by atoms with Gasteiger partial charge in [0.1, 0.15) is 5.82 Å². The normalized spacial score (nSPS) is 18.2. The van der Waals surface area contributed by atoms with Crippen molar-refractivity contribution in [2.24, 2.45) is 0 Å². The van der Waals surface area contributed by atoms with E-state index in [0.29, 0.717) is 12.0 Å². The van der Waals surface area contributed by atoms with Gasteiger partial charge in [-0.25, -0.2) is 4.98 Å². The van der Waals surface area contributed by atoms with E-state index in [4.69, 9.17) is 4.98 Å². The number of anilines is 2. The molecule has 0 unspecified atom stereocenters. The van der Waals surface area contributed by atoms with Crippen molar-refractivity contribution in [1.82, 2.24) is 9.97 Å². The highest BCUT2D eigenvalue weighted by atomic mass is 16.3. The standard InChI is InChI=1S/C19H26N4O/c1-4-17-10-18(22-19(21-17)20-13(2)12-24)23-11-16-8-6-5-7-15(16)9-14(23)3/h5-8,10,13-14,24H,4,9,11-12H2,1-3H3,(H,20,21,22)/t13-,14+/m0/s1. The van der Waals surface area contributed by atoms with Crippen LogP contribution in [0.3, 0.4) is 0 Å². The Labute approximate surface area is 143 Å². The molecule has 0 spiro atoms. The van der Waals surface area contributed by atoms with Crippen molar-refractivity contribution in [1.29, 1.82) is 0 Å². The van der Waals surface area contributed by atoms with Crippen LogP contribution < -0.4 is 10.2 Å². The minimum atomic E-state index is -0.0653. The maximum absolute atomic E-state index is 9.26. The second-order valence-corrected chi connectivity index (χ2v) is 6.57. The molecule has 0 radical (unpaired) electrons. The molecule has 1 aliphatic rings. The number of aliphatic hydroxyl groups is 1. The predicted octanol–water partition coefficient (Wildman–Crippen LogP) is 2.78. The number of nitrogens with one attached hydrogen (secondary N) is 1. The Kier molecular flexibility index (Phi) is 5.00. The molecule has 2 aromatic rings. The molecule has 0 amide bonds. The van der Waals surface area contributed by atoms with E-state index in [1.165, 1.54) is 11.1 Å². The van der Waals surface area contributed by atoms with Gasteiger partial charge in [-0.05, 0) is 37.8 Å². The summed E-state index contributed by atoms with van der Waals surface area (Å²) in [5.41, 5.74) is 3.81. The molecule has 1 aromatic carbocycles. The molecule has 2 heterocycles. The average Bonchev–Trinajstić information content (AvgIpc) is 2.60. The Morgan fingerprint density at radius 3 is 2.75 bits per heavy atom. The first-order valence-electron chi connectivity index (χ1n) is 8.69. The van der Waals surface area contributed by atoms with Gasteiger partial charge in [-0.1, -0.05) is 31.2 Å². The smallest absolute Gasteiger partial charge is 0.225 e. The Bertz CT molecular complexity index is 704. The van der Waals surface area contributed by atoms with Gasteiger partial charge in [-0.2, -0.15) is 4.98 Å². The van der Waals surface area contributed by atoms with Gasteiger partial charge in [0.25, 0.3) is 0 Å². The van der Waals surface area contributed by atoms with Crippen LogP contribution in [0.2, 0.25) is 0 Å². The molecule has 0 saturated carbocycles. The lowest BCUT2D eigenvalue weighted by molar-refractivity contribution is 0.281. The number of aliphatic hydroxyl groups excluding tert-OH is 1. The zero-order chi connectivity index (χ0) is 17.1. The van der Waals surface area contributed by atoms with Crippen molar-refractivity contribution in [2.45, 2.75) is 52.2 Å². The van der Waals surface area contributed by atoms with Crippen LogP contribution >= 0.6 is 0 Å². The molecule has 5 heteroatoms. The van der Waals surface area contributed by atoms with Crippen molar-refractivity contribution >= 4 is 11.8 Å². The topological polar surface area (TPSA) is 61.3 Å². The van der Waals surface area contributed by atoms with E-state index >= 15 is 0 Å². The number of aromatic nitrogens is 2. The molecule has 0 aliphatic carbocycles. The van der Waals surface area contributed by atoms with Gasteiger partial charge in [0.2, 0.25) is 5.95 Å². The number of hydrogen-bond acceptors (Lipinski definition) is 5. The van der Waals surface area contributed by atoms with Crippen LogP contribution in [0.15, 0.2) is 30.3 Å². The third-order valence-electron chi connectivity index (χ3n) is 4.58. The summed E-state index contributed by atoms with van der Waals surface area (Å²) < 4.78 is 0. The first-order valence-corrected chi connectivity index (χ1v) is 8.69. The Morgan fingerprint density at radius 2 is 2.04 bits per heavy atom. The molecule has 3 rings (SSSR count). The highest BCUT2D eigenvalue weighted by molar-refractivity contribution is 5.49. The molecule has 0 saturated heterocycles. The van der Waals surface area contributed by atoms with E-state index in [1.807, 2.05) is 6.92 Å². The Hall–Kier alpha value is -2.14. The fraction of sp³-hybridized carbons (Fsp3) is 0.474.